The molecule has 1 aliphatic carbocycles. The maximum absolute atomic E-state index is 5.82. The molecule has 1 saturated heterocycles. The maximum Gasteiger partial charge on any atom is 0.228 e. The van der Waals surface area contributed by atoms with E-state index in [4.69, 9.17) is 19.2 Å². The number of ether oxygens (including phenoxy) is 3. The van der Waals surface area contributed by atoms with Crippen LogP contribution in [0.4, 0.5) is 5.95 Å². The van der Waals surface area contributed by atoms with E-state index in [1.54, 1.807) is 11.6 Å². The highest BCUT2D eigenvalue weighted by Crippen LogP contribution is 2.38. The van der Waals surface area contributed by atoms with Crippen LogP contribution in [0, 0.1) is 0 Å². The van der Waals surface area contributed by atoms with Crippen molar-refractivity contribution in [3.63, 3.8) is 0 Å². The molecule has 0 aromatic carbocycles. The number of aromatic amines is 1. The van der Waals surface area contributed by atoms with Crippen molar-refractivity contribution < 1.29 is 14.2 Å². The van der Waals surface area contributed by atoms with Gasteiger partial charge < -0.3 is 24.5 Å². The van der Waals surface area contributed by atoms with Gasteiger partial charge in [-0.15, -0.1) is 0 Å². The largest absolute Gasteiger partial charge is 0.480 e. The minimum absolute atomic E-state index is 0.269. The van der Waals surface area contributed by atoms with Crippen LogP contribution in [-0.2, 0) is 9.47 Å². The van der Waals surface area contributed by atoms with Crippen molar-refractivity contribution in [2.24, 2.45) is 0 Å². The molecule has 6 rings (SSSR count). The zero-order valence-corrected chi connectivity index (χ0v) is 17.2. The number of aromatic nitrogens is 6. The smallest absolute Gasteiger partial charge is 0.228 e. The Morgan fingerprint density at radius 3 is 2.87 bits per heavy atom. The van der Waals surface area contributed by atoms with Crippen LogP contribution in [0.3, 0.4) is 0 Å². The van der Waals surface area contributed by atoms with Crippen LogP contribution in [-0.4, -0.2) is 61.7 Å². The van der Waals surface area contributed by atoms with Gasteiger partial charge in [-0.1, -0.05) is 0 Å². The molecule has 0 radical (unpaired) electrons. The molecule has 2 fully saturated rings. The molecule has 160 valence electrons. The van der Waals surface area contributed by atoms with Crippen LogP contribution >= 0.6 is 0 Å². The number of H-pyrrole nitrogens is 1. The molecule has 5 heterocycles. The lowest BCUT2D eigenvalue weighted by Gasteiger charge is -2.35. The molecule has 1 spiro atoms. The van der Waals surface area contributed by atoms with Gasteiger partial charge in [-0.25, -0.2) is 9.50 Å². The molecule has 10 heteroatoms. The first kappa shape index (κ1) is 18.5. The molecule has 1 aliphatic heterocycles. The van der Waals surface area contributed by atoms with E-state index >= 15 is 0 Å². The average molecular weight is 421 g/mol. The molecule has 2 N–H and O–H groups in total. The summed E-state index contributed by atoms with van der Waals surface area (Å²) in [6, 6.07) is 4.23. The zero-order chi connectivity index (χ0) is 20.8. The third-order valence-corrected chi connectivity index (χ3v) is 6.18. The minimum atomic E-state index is -0.374. The van der Waals surface area contributed by atoms with E-state index in [9.17, 15) is 0 Å². The lowest BCUT2D eigenvalue weighted by molar-refractivity contribution is -0.177. The molecule has 0 bridgehead atoms. The van der Waals surface area contributed by atoms with Crippen molar-refractivity contribution in [1.82, 2.24) is 29.5 Å². The Hall–Kier alpha value is -3.24. The molecule has 4 aromatic heterocycles. The van der Waals surface area contributed by atoms with Gasteiger partial charge in [0.1, 0.15) is 12.0 Å². The van der Waals surface area contributed by atoms with Crippen LogP contribution in [0.2, 0.25) is 0 Å². The van der Waals surface area contributed by atoms with Crippen LogP contribution in [0.1, 0.15) is 25.7 Å². The summed E-state index contributed by atoms with van der Waals surface area (Å²) in [5, 5.41) is 8.46. The highest BCUT2D eigenvalue weighted by molar-refractivity contribution is 5.98. The zero-order valence-electron chi connectivity index (χ0n) is 17.2. The number of hydrogen-bond donors (Lipinski definition) is 2. The Bertz CT molecular complexity index is 1230. The van der Waals surface area contributed by atoms with Crippen molar-refractivity contribution in [2.75, 3.05) is 25.6 Å². The molecule has 0 unspecified atom stereocenters. The highest BCUT2D eigenvalue weighted by atomic mass is 16.7. The Morgan fingerprint density at radius 1 is 1.23 bits per heavy atom. The Labute approximate surface area is 178 Å². The van der Waals surface area contributed by atoms with E-state index in [0.717, 1.165) is 53.5 Å². The molecule has 0 amide bonds. The summed E-state index contributed by atoms with van der Waals surface area (Å²) in [5.41, 5.74) is 3.44. The second kappa shape index (κ2) is 7.17. The summed E-state index contributed by atoms with van der Waals surface area (Å²) in [5.74, 6) is 0.709. The number of hydrogen-bond acceptors (Lipinski definition) is 8. The number of nitrogens with zero attached hydrogens (tertiary/aromatic N) is 5. The number of anilines is 1. The number of methoxy groups -OCH3 is 1. The molecule has 10 nitrogen and oxygen atoms in total. The number of nitrogens with one attached hydrogen (secondary N) is 2. The van der Waals surface area contributed by atoms with Crippen molar-refractivity contribution in [3.05, 3.63) is 30.9 Å². The Kier molecular flexibility index (Phi) is 4.29. The highest BCUT2D eigenvalue weighted by Gasteiger charge is 2.40. The molecule has 0 atom stereocenters. The van der Waals surface area contributed by atoms with Gasteiger partial charge in [-0.3, -0.25) is 0 Å². The van der Waals surface area contributed by atoms with E-state index in [0.29, 0.717) is 25.0 Å². The van der Waals surface area contributed by atoms with Crippen molar-refractivity contribution >= 4 is 22.6 Å². The van der Waals surface area contributed by atoms with Crippen LogP contribution in [0.5, 0.6) is 5.88 Å². The summed E-state index contributed by atoms with van der Waals surface area (Å²) in [6.45, 7) is 1.38. The normalized spacial score (nSPS) is 18.9. The van der Waals surface area contributed by atoms with Gasteiger partial charge in [0.15, 0.2) is 11.4 Å². The first-order valence-corrected chi connectivity index (χ1v) is 10.5. The first-order chi connectivity index (χ1) is 15.2. The average Bonchev–Trinajstić information content (AvgIpc) is 3.54. The van der Waals surface area contributed by atoms with Crippen LogP contribution in [0.25, 0.3) is 27.8 Å². The summed E-state index contributed by atoms with van der Waals surface area (Å²) >= 11 is 0. The molecular weight excluding hydrogens is 398 g/mol. The lowest BCUT2D eigenvalue weighted by Crippen LogP contribution is -2.39. The van der Waals surface area contributed by atoms with E-state index in [1.807, 2.05) is 24.5 Å². The van der Waals surface area contributed by atoms with Crippen LogP contribution in [0.15, 0.2) is 30.9 Å². The summed E-state index contributed by atoms with van der Waals surface area (Å²) in [6.07, 6.45) is 8.98. The van der Waals surface area contributed by atoms with E-state index in [2.05, 4.69) is 25.4 Å². The van der Waals surface area contributed by atoms with Crippen molar-refractivity contribution in [1.29, 1.82) is 0 Å². The van der Waals surface area contributed by atoms with E-state index in [-0.39, 0.29) is 11.8 Å². The third kappa shape index (κ3) is 3.19. The predicted molar refractivity (Wildman–Crippen MR) is 113 cm³/mol. The fourth-order valence-corrected chi connectivity index (χ4v) is 4.59. The summed E-state index contributed by atoms with van der Waals surface area (Å²) < 4.78 is 19.0. The Morgan fingerprint density at radius 2 is 2.06 bits per heavy atom. The van der Waals surface area contributed by atoms with Gasteiger partial charge in [0, 0.05) is 36.8 Å². The van der Waals surface area contributed by atoms with Gasteiger partial charge in [0.05, 0.1) is 25.7 Å². The SMILES string of the molecule is COc1nc(NC2CCC3(CC2)OCCO3)nc2[nH]cc(-c3ccn4ncnc4c3)c12. The lowest BCUT2D eigenvalue weighted by atomic mass is 9.90. The van der Waals surface area contributed by atoms with Crippen LogP contribution < -0.4 is 10.1 Å². The maximum atomic E-state index is 5.82. The number of fused-ring (bicyclic) bond motifs is 2. The standard InChI is InChI=1S/C21H23N7O3/c1-29-19-17-15(13-4-7-28-16(10-13)23-12-24-28)11-22-18(17)26-20(27-19)25-14-2-5-21(6-3-14)30-8-9-31-21/h4,7,10-12,14H,2-3,5-6,8-9H2,1H3,(H2,22,25,26,27). The predicted octanol–water partition coefficient (Wildman–Crippen LogP) is 2.77. The molecule has 2 aliphatic rings. The topological polar surface area (TPSA) is 111 Å². The Balaban J connectivity index is 1.29. The second-order valence-corrected chi connectivity index (χ2v) is 7.99. The molecule has 31 heavy (non-hydrogen) atoms. The van der Waals surface area contributed by atoms with Crippen molar-refractivity contribution in [2.45, 2.75) is 37.5 Å². The number of pyridine rings is 1. The summed E-state index contributed by atoms with van der Waals surface area (Å²) in [7, 11) is 1.63. The van der Waals surface area contributed by atoms with Gasteiger partial charge in [-0.05, 0) is 30.5 Å². The van der Waals surface area contributed by atoms with Gasteiger partial charge >= 0.3 is 0 Å². The van der Waals surface area contributed by atoms with Gasteiger partial charge in [0.25, 0.3) is 0 Å². The monoisotopic (exact) mass is 421 g/mol. The fourth-order valence-electron chi connectivity index (χ4n) is 4.59. The quantitative estimate of drug-likeness (QED) is 0.517. The fraction of sp³-hybridized carbons (Fsp3) is 0.429. The third-order valence-electron chi connectivity index (χ3n) is 6.18. The summed E-state index contributed by atoms with van der Waals surface area (Å²) in [4.78, 5) is 16.9. The molecule has 4 aromatic rings. The van der Waals surface area contributed by atoms with Gasteiger partial charge in [0.2, 0.25) is 11.8 Å². The number of rotatable bonds is 4. The van der Waals surface area contributed by atoms with E-state index < -0.39 is 0 Å². The first-order valence-electron chi connectivity index (χ1n) is 10.5. The minimum Gasteiger partial charge on any atom is -0.480 e. The molecule has 1 saturated carbocycles. The molecular formula is C21H23N7O3. The van der Waals surface area contributed by atoms with Crippen molar-refractivity contribution in [3.8, 4) is 17.0 Å². The van der Waals surface area contributed by atoms with Gasteiger partial charge in [-0.2, -0.15) is 15.1 Å². The second-order valence-electron chi connectivity index (χ2n) is 7.99. The van der Waals surface area contributed by atoms with E-state index in [1.165, 1.54) is 6.33 Å².